The molecule has 7 nitrogen and oxygen atoms in total. The van der Waals surface area contributed by atoms with E-state index in [2.05, 4.69) is 5.32 Å². The zero-order valence-electron chi connectivity index (χ0n) is 11.3. The number of nitro groups is 1. The Hall–Kier alpha value is -2.35. The average Bonchev–Trinajstić information content (AvgIpc) is 2.94. The van der Waals surface area contributed by atoms with E-state index in [9.17, 15) is 18.5 Å². The van der Waals surface area contributed by atoms with E-state index in [1.54, 1.807) is 25.1 Å². The number of anilines is 1. The summed E-state index contributed by atoms with van der Waals surface area (Å²) in [4.78, 5) is 10.1. The van der Waals surface area contributed by atoms with Crippen molar-refractivity contribution in [3.8, 4) is 0 Å². The van der Waals surface area contributed by atoms with Gasteiger partial charge in [0.05, 0.1) is 28.9 Å². The molecule has 0 unspecified atom stereocenters. The Morgan fingerprint density at radius 1 is 1.24 bits per heavy atom. The number of rotatable bonds is 6. The van der Waals surface area contributed by atoms with E-state index in [0.29, 0.717) is 11.4 Å². The lowest BCUT2D eigenvalue weighted by Crippen LogP contribution is -2.08. The number of benzene rings is 1. The highest BCUT2D eigenvalue weighted by molar-refractivity contribution is 7.91. The molecule has 0 atom stereocenters. The molecule has 0 aliphatic carbocycles. The van der Waals surface area contributed by atoms with Crippen LogP contribution in [0.4, 0.5) is 11.6 Å². The lowest BCUT2D eigenvalue weighted by atomic mass is 10.3. The fourth-order valence-electron chi connectivity index (χ4n) is 1.78. The van der Waals surface area contributed by atoms with E-state index in [1.165, 1.54) is 18.2 Å². The third-order valence-electron chi connectivity index (χ3n) is 2.88. The van der Waals surface area contributed by atoms with E-state index >= 15 is 0 Å². The summed E-state index contributed by atoms with van der Waals surface area (Å²) in [5.74, 6) is 0.00410. The summed E-state index contributed by atoms with van der Waals surface area (Å²) < 4.78 is 29.0. The van der Waals surface area contributed by atoms with E-state index in [4.69, 9.17) is 4.42 Å². The van der Waals surface area contributed by atoms with Gasteiger partial charge in [0.1, 0.15) is 10.7 Å². The number of hydrogen-bond acceptors (Lipinski definition) is 6. The second-order valence-electron chi connectivity index (χ2n) is 4.25. The maximum Gasteiger partial charge on any atom is 0.433 e. The Morgan fingerprint density at radius 2 is 1.95 bits per heavy atom. The number of furan rings is 1. The van der Waals surface area contributed by atoms with Gasteiger partial charge >= 0.3 is 5.88 Å². The van der Waals surface area contributed by atoms with Crippen molar-refractivity contribution in [3.05, 3.63) is 52.3 Å². The summed E-state index contributed by atoms with van der Waals surface area (Å²) >= 11 is 0. The molecule has 0 bridgehead atoms. The van der Waals surface area contributed by atoms with Crippen molar-refractivity contribution in [1.82, 2.24) is 0 Å². The maximum atomic E-state index is 12.0. The molecule has 1 N–H and O–H groups in total. The van der Waals surface area contributed by atoms with Crippen LogP contribution in [-0.2, 0) is 16.4 Å². The SMILES string of the molecule is CCS(=O)(=O)c1ccccc1NCc1ccc([N+](=O)[O-])o1. The van der Waals surface area contributed by atoms with Gasteiger partial charge in [0, 0.05) is 0 Å². The molecule has 1 heterocycles. The van der Waals surface area contributed by atoms with Crippen LogP contribution in [0, 0.1) is 10.1 Å². The molecule has 2 aromatic rings. The first-order chi connectivity index (χ1) is 9.94. The quantitative estimate of drug-likeness (QED) is 0.650. The zero-order chi connectivity index (χ0) is 15.5. The highest BCUT2D eigenvalue weighted by Gasteiger charge is 2.17. The summed E-state index contributed by atoms with van der Waals surface area (Å²) in [5.41, 5.74) is 0.443. The summed E-state index contributed by atoms with van der Waals surface area (Å²) in [7, 11) is -3.34. The third-order valence-corrected chi connectivity index (χ3v) is 4.67. The molecule has 0 saturated heterocycles. The Labute approximate surface area is 121 Å². The van der Waals surface area contributed by atoms with Gasteiger partial charge in [-0.2, -0.15) is 0 Å². The van der Waals surface area contributed by atoms with Crippen LogP contribution in [0.3, 0.4) is 0 Å². The van der Waals surface area contributed by atoms with E-state index < -0.39 is 14.8 Å². The van der Waals surface area contributed by atoms with E-state index in [0.717, 1.165) is 0 Å². The van der Waals surface area contributed by atoms with Crippen LogP contribution in [0.25, 0.3) is 0 Å². The number of nitrogens with one attached hydrogen (secondary N) is 1. The van der Waals surface area contributed by atoms with Gasteiger partial charge in [0.25, 0.3) is 0 Å². The molecule has 1 aromatic heterocycles. The van der Waals surface area contributed by atoms with Gasteiger partial charge in [-0.05, 0) is 18.2 Å². The molecule has 0 aliphatic rings. The Kier molecular flexibility index (Phi) is 4.27. The molecular weight excluding hydrogens is 296 g/mol. The first-order valence-corrected chi connectivity index (χ1v) is 7.88. The molecule has 2 rings (SSSR count). The van der Waals surface area contributed by atoms with Gasteiger partial charge in [-0.1, -0.05) is 19.1 Å². The molecule has 112 valence electrons. The Bertz CT molecular complexity index is 751. The predicted molar refractivity (Wildman–Crippen MR) is 76.9 cm³/mol. The average molecular weight is 310 g/mol. The first kappa shape index (κ1) is 15.0. The lowest BCUT2D eigenvalue weighted by Gasteiger charge is -2.10. The van der Waals surface area contributed by atoms with Gasteiger partial charge in [0.15, 0.2) is 9.84 Å². The number of para-hydroxylation sites is 1. The van der Waals surface area contributed by atoms with Crippen LogP contribution in [0.15, 0.2) is 45.7 Å². The molecule has 0 saturated carbocycles. The van der Waals surface area contributed by atoms with Gasteiger partial charge in [0.2, 0.25) is 0 Å². The fraction of sp³-hybridized carbons (Fsp3) is 0.231. The van der Waals surface area contributed by atoms with Crippen molar-refractivity contribution in [2.24, 2.45) is 0 Å². The highest BCUT2D eigenvalue weighted by atomic mass is 32.2. The minimum atomic E-state index is -3.34. The largest absolute Gasteiger partial charge is 0.433 e. The Morgan fingerprint density at radius 3 is 2.57 bits per heavy atom. The predicted octanol–water partition coefficient (Wildman–Crippen LogP) is 2.59. The summed E-state index contributed by atoms with van der Waals surface area (Å²) in [6, 6.07) is 9.24. The first-order valence-electron chi connectivity index (χ1n) is 6.23. The molecule has 0 radical (unpaired) electrons. The van der Waals surface area contributed by atoms with Crippen molar-refractivity contribution >= 4 is 21.4 Å². The summed E-state index contributed by atoms with van der Waals surface area (Å²) in [5, 5.41) is 13.5. The van der Waals surface area contributed by atoms with Crippen LogP contribution in [0.1, 0.15) is 12.7 Å². The minimum Gasteiger partial charge on any atom is -0.404 e. The molecule has 0 amide bonds. The van der Waals surface area contributed by atoms with Crippen molar-refractivity contribution in [1.29, 1.82) is 0 Å². The van der Waals surface area contributed by atoms with Crippen molar-refractivity contribution in [2.75, 3.05) is 11.1 Å². The van der Waals surface area contributed by atoms with Crippen LogP contribution in [0.2, 0.25) is 0 Å². The zero-order valence-corrected chi connectivity index (χ0v) is 12.1. The molecule has 0 aliphatic heterocycles. The second-order valence-corrected chi connectivity index (χ2v) is 6.50. The molecular formula is C13H14N2O5S. The number of hydrogen-bond donors (Lipinski definition) is 1. The van der Waals surface area contributed by atoms with Crippen LogP contribution in [0.5, 0.6) is 0 Å². The van der Waals surface area contributed by atoms with Gasteiger partial charge in [-0.15, -0.1) is 0 Å². The number of sulfone groups is 1. The van der Waals surface area contributed by atoms with Crippen LogP contribution in [-0.4, -0.2) is 19.1 Å². The molecule has 8 heteroatoms. The number of nitrogens with zero attached hydrogens (tertiary/aromatic N) is 1. The molecule has 1 aromatic carbocycles. The smallest absolute Gasteiger partial charge is 0.404 e. The topological polar surface area (TPSA) is 102 Å². The minimum absolute atomic E-state index is 0.00207. The van der Waals surface area contributed by atoms with Gasteiger partial charge < -0.3 is 9.73 Å². The highest BCUT2D eigenvalue weighted by Crippen LogP contribution is 2.23. The maximum absolute atomic E-state index is 12.0. The molecule has 0 fully saturated rings. The summed E-state index contributed by atoms with van der Waals surface area (Å²) in [6.45, 7) is 1.73. The van der Waals surface area contributed by atoms with Gasteiger partial charge in [-0.3, -0.25) is 10.1 Å². The second kappa shape index (κ2) is 5.96. The summed E-state index contributed by atoms with van der Waals surface area (Å²) in [6.07, 6.45) is 0. The van der Waals surface area contributed by atoms with Crippen molar-refractivity contribution < 1.29 is 17.8 Å². The van der Waals surface area contributed by atoms with Gasteiger partial charge in [-0.25, -0.2) is 8.42 Å². The van der Waals surface area contributed by atoms with Crippen LogP contribution < -0.4 is 5.32 Å². The fourth-order valence-corrected chi connectivity index (χ4v) is 2.85. The van der Waals surface area contributed by atoms with E-state index in [1.807, 2.05) is 0 Å². The monoisotopic (exact) mass is 310 g/mol. The normalized spacial score (nSPS) is 11.3. The third kappa shape index (κ3) is 3.40. The Balaban J connectivity index is 2.18. The van der Waals surface area contributed by atoms with Crippen LogP contribution >= 0.6 is 0 Å². The van der Waals surface area contributed by atoms with E-state index in [-0.39, 0.29) is 23.1 Å². The standard InChI is InChI=1S/C13H14N2O5S/c1-2-21(18,19)12-6-4-3-5-11(12)14-9-10-7-8-13(20-10)15(16)17/h3-8,14H,2,9H2,1H3. The van der Waals surface area contributed by atoms with Crippen molar-refractivity contribution in [2.45, 2.75) is 18.4 Å². The lowest BCUT2D eigenvalue weighted by molar-refractivity contribution is -0.402. The molecule has 21 heavy (non-hydrogen) atoms. The molecule has 0 spiro atoms. The van der Waals surface area contributed by atoms with Crippen molar-refractivity contribution in [3.63, 3.8) is 0 Å².